The molecule has 30 heavy (non-hydrogen) atoms. The summed E-state index contributed by atoms with van der Waals surface area (Å²) in [5.74, 6) is 0. The zero-order chi connectivity index (χ0) is 20.7. The lowest BCUT2D eigenvalue weighted by molar-refractivity contribution is 0.391. The van der Waals surface area contributed by atoms with Crippen LogP contribution in [0.2, 0.25) is 0 Å². The molecule has 1 N–H and O–H groups in total. The smallest absolute Gasteiger partial charge is 0.336 e. The molecular weight excluding hydrogens is 380 g/mol. The second-order valence-corrected chi connectivity index (χ2v) is 7.95. The van der Waals surface area contributed by atoms with Gasteiger partial charge in [-0.05, 0) is 67.5 Å². The quantitative estimate of drug-likeness (QED) is 0.528. The summed E-state index contributed by atoms with van der Waals surface area (Å²) < 4.78 is 10.6. The summed E-state index contributed by atoms with van der Waals surface area (Å²) >= 11 is 0. The lowest BCUT2D eigenvalue weighted by atomic mass is 9.95. The summed E-state index contributed by atoms with van der Waals surface area (Å²) in [7, 11) is 2.13. The Morgan fingerprint density at radius 2 is 1.43 bits per heavy atom. The second-order valence-electron chi connectivity index (χ2n) is 7.95. The van der Waals surface area contributed by atoms with E-state index in [2.05, 4.69) is 29.4 Å². The Bertz CT molecular complexity index is 1250. The highest BCUT2D eigenvalue weighted by atomic mass is 16.4. The predicted octanol–water partition coefficient (Wildman–Crippen LogP) is 3.28. The molecule has 2 aromatic carbocycles. The van der Waals surface area contributed by atoms with E-state index in [0.717, 1.165) is 41.4 Å². The Labute approximate surface area is 172 Å². The van der Waals surface area contributed by atoms with Crippen LogP contribution in [-0.4, -0.2) is 31.1 Å². The van der Waals surface area contributed by atoms with Crippen LogP contribution in [0.3, 0.4) is 0 Å². The summed E-state index contributed by atoms with van der Waals surface area (Å²) in [6.07, 6.45) is 1.08. The fraction of sp³-hybridized carbons (Fsp3) is 0.250. The van der Waals surface area contributed by atoms with Gasteiger partial charge in [0.15, 0.2) is 0 Å². The number of likely N-dealkylation sites (N-methyl/N-ethyl adjacent to an activating group) is 1. The van der Waals surface area contributed by atoms with Crippen LogP contribution in [0, 0.1) is 0 Å². The zero-order valence-corrected chi connectivity index (χ0v) is 16.6. The topological polar surface area (TPSA) is 75.7 Å². The van der Waals surface area contributed by atoms with E-state index in [1.807, 2.05) is 24.3 Å². The first-order chi connectivity index (χ1) is 14.5. The van der Waals surface area contributed by atoms with Crippen molar-refractivity contribution in [2.45, 2.75) is 18.5 Å². The van der Waals surface area contributed by atoms with Crippen molar-refractivity contribution in [1.29, 1.82) is 0 Å². The third-order valence-electron chi connectivity index (χ3n) is 5.75. The van der Waals surface area contributed by atoms with Crippen molar-refractivity contribution in [3.05, 3.63) is 92.6 Å². The molecule has 1 atom stereocenters. The highest BCUT2D eigenvalue weighted by Gasteiger charge is 2.24. The normalized spacial score (nSPS) is 17.3. The van der Waals surface area contributed by atoms with Crippen LogP contribution in [0.5, 0.6) is 0 Å². The van der Waals surface area contributed by atoms with Gasteiger partial charge in [-0.15, -0.1) is 0 Å². The highest BCUT2D eigenvalue weighted by Crippen LogP contribution is 2.29. The molecular formula is C24H22N2O4. The summed E-state index contributed by atoms with van der Waals surface area (Å²) in [6, 6.07) is 18.6. The lowest BCUT2D eigenvalue weighted by Crippen LogP contribution is -2.35. The molecule has 6 nitrogen and oxygen atoms in total. The molecule has 1 fully saturated rings. The van der Waals surface area contributed by atoms with Crippen LogP contribution in [0.1, 0.15) is 23.6 Å². The molecule has 3 heterocycles. The van der Waals surface area contributed by atoms with Gasteiger partial charge in [0, 0.05) is 35.5 Å². The molecule has 1 saturated heterocycles. The Morgan fingerprint density at radius 3 is 1.93 bits per heavy atom. The number of benzene rings is 2. The summed E-state index contributed by atoms with van der Waals surface area (Å²) in [5.41, 5.74) is 2.62. The maximum absolute atomic E-state index is 11.5. The minimum atomic E-state index is -0.352. The minimum absolute atomic E-state index is 0.0471. The van der Waals surface area contributed by atoms with Crippen molar-refractivity contribution >= 4 is 21.9 Å². The molecule has 5 rings (SSSR count). The lowest BCUT2D eigenvalue weighted by Gasteiger charge is -2.24. The van der Waals surface area contributed by atoms with E-state index in [9.17, 15) is 9.59 Å². The van der Waals surface area contributed by atoms with Gasteiger partial charge in [-0.3, -0.25) is 0 Å². The third-order valence-corrected chi connectivity index (χ3v) is 5.75. The van der Waals surface area contributed by atoms with Crippen LogP contribution >= 0.6 is 0 Å². The molecule has 0 amide bonds. The van der Waals surface area contributed by atoms with Crippen LogP contribution in [0.4, 0.5) is 0 Å². The second kappa shape index (κ2) is 7.55. The molecule has 4 aromatic rings. The van der Waals surface area contributed by atoms with Gasteiger partial charge < -0.3 is 19.1 Å². The summed E-state index contributed by atoms with van der Waals surface area (Å²) in [5, 5.41) is 5.57. The monoisotopic (exact) mass is 402 g/mol. The first-order valence-electron chi connectivity index (χ1n) is 10.1. The molecule has 1 aliphatic heterocycles. The van der Waals surface area contributed by atoms with Crippen molar-refractivity contribution in [1.82, 2.24) is 10.2 Å². The Morgan fingerprint density at radius 1 is 0.867 bits per heavy atom. The average molecular weight is 402 g/mol. The molecule has 0 spiro atoms. The van der Waals surface area contributed by atoms with Crippen LogP contribution in [0.15, 0.2) is 79.1 Å². The van der Waals surface area contributed by atoms with Gasteiger partial charge in [0.25, 0.3) is 0 Å². The molecule has 0 saturated carbocycles. The van der Waals surface area contributed by atoms with Crippen molar-refractivity contribution < 1.29 is 8.83 Å². The molecule has 0 radical (unpaired) electrons. The van der Waals surface area contributed by atoms with Crippen LogP contribution in [0.25, 0.3) is 21.9 Å². The van der Waals surface area contributed by atoms with Gasteiger partial charge in [-0.1, -0.05) is 12.1 Å². The van der Waals surface area contributed by atoms with Crippen LogP contribution < -0.4 is 16.6 Å². The maximum atomic E-state index is 11.5. The SMILES string of the molecule is CN1CCC(NC(c2ccc3oc(=O)ccc3c2)c2ccc3oc(=O)ccc3c2)C1. The molecule has 6 heteroatoms. The number of rotatable bonds is 4. The number of hydrogen-bond acceptors (Lipinski definition) is 6. The van der Waals surface area contributed by atoms with Crippen molar-refractivity contribution in [2.75, 3.05) is 20.1 Å². The van der Waals surface area contributed by atoms with Gasteiger partial charge >= 0.3 is 11.3 Å². The van der Waals surface area contributed by atoms with E-state index in [1.54, 1.807) is 12.1 Å². The Hall–Kier alpha value is -3.22. The first-order valence-corrected chi connectivity index (χ1v) is 10.1. The van der Waals surface area contributed by atoms with E-state index in [4.69, 9.17) is 8.83 Å². The molecule has 152 valence electrons. The fourth-order valence-electron chi connectivity index (χ4n) is 4.23. The molecule has 2 aromatic heterocycles. The molecule has 0 aliphatic carbocycles. The highest BCUT2D eigenvalue weighted by molar-refractivity contribution is 5.79. The van der Waals surface area contributed by atoms with Gasteiger partial charge in [0.1, 0.15) is 11.2 Å². The Kier molecular flexibility index (Phi) is 4.73. The first kappa shape index (κ1) is 18.8. The minimum Gasteiger partial charge on any atom is -0.423 e. The average Bonchev–Trinajstić information content (AvgIpc) is 3.16. The number of hydrogen-bond donors (Lipinski definition) is 1. The van der Waals surface area contributed by atoms with Gasteiger partial charge in [-0.25, -0.2) is 9.59 Å². The van der Waals surface area contributed by atoms with E-state index in [0.29, 0.717) is 17.2 Å². The number of likely N-dealkylation sites (tertiary alicyclic amines) is 1. The van der Waals surface area contributed by atoms with Crippen molar-refractivity contribution in [3.8, 4) is 0 Å². The van der Waals surface area contributed by atoms with E-state index >= 15 is 0 Å². The Balaban J connectivity index is 1.59. The maximum Gasteiger partial charge on any atom is 0.336 e. The van der Waals surface area contributed by atoms with Crippen LogP contribution in [-0.2, 0) is 0 Å². The van der Waals surface area contributed by atoms with Gasteiger partial charge in [0.05, 0.1) is 6.04 Å². The molecule has 1 unspecified atom stereocenters. The number of fused-ring (bicyclic) bond motifs is 2. The van der Waals surface area contributed by atoms with Crippen molar-refractivity contribution in [3.63, 3.8) is 0 Å². The zero-order valence-electron chi connectivity index (χ0n) is 16.6. The summed E-state index contributed by atoms with van der Waals surface area (Å²) in [4.78, 5) is 25.4. The van der Waals surface area contributed by atoms with E-state index < -0.39 is 0 Å². The fourth-order valence-corrected chi connectivity index (χ4v) is 4.23. The molecule has 0 bridgehead atoms. The van der Waals surface area contributed by atoms with Gasteiger partial charge in [0.2, 0.25) is 0 Å². The largest absolute Gasteiger partial charge is 0.423 e. The summed E-state index contributed by atoms with van der Waals surface area (Å²) in [6.45, 7) is 2.05. The number of nitrogens with one attached hydrogen (secondary N) is 1. The van der Waals surface area contributed by atoms with E-state index in [1.165, 1.54) is 12.1 Å². The third kappa shape index (κ3) is 3.67. The standard InChI is InChI=1S/C24H22N2O4/c1-26-11-10-19(14-26)25-24(17-2-6-20-15(12-17)4-8-22(27)29-20)18-3-7-21-16(13-18)5-9-23(28)30-21/h2-9,12-13,19,24-25H,10-11,14H2,1H3. The number of nitrogens with zero attached hydrogens (tertiary/aromatic N) is 1. The predicted molar refractivity (Wildman–Crippen MR) is 116 cm³/mol. The van der Waals surface area contributed by atoms with Crippen molar-refractivity contribution in [2.24, 2.45) is 0 Å². The van der Waals surface area contributed by atoms with E-state index in [-0.39, 0.29) is 17.3 Å². The van der Waals surface area contributed by atoms with Gasteiger partial charge in [-0.2, -0.15) is 0 Å². The molecule has 1 aliphatic rings.